The van der Waals surface area contributed by atoms with Crippen LogP contribution < -0.4 is 0 Å². The third-order valence-corrected chi connectivity index (χ3v) is 9.61. The van der Waals surface area contributed by atoms with E-state index in [-0.39, 0.29) is 5.56 Å². The Morgan fingerprint density at radius 3 is 1.48 bits per heavy atom. The minimum absolute atomic E-state index is 0.108. The molecule has 0 N–H and O–H groups in total. The topological polar surface area (TPSA) is 62.5 Å². The average molecular weight is 709 g/mol. The summed E-state index contributed by atoms with van der Waals surface area (Å²) in [5.74, 6) is -6.78. The van der Waals surface area contributed by atoms with Crippen molar-refractivity contribution in [3.8, 4) is 62.1 Å². The summed E-state index contributed by atoms with van der Waals surface area (Å²) in [6.45, 7) is 0. The molecule has 0 fully saturated rings. The van der Waals surface area contributed by atoms with Crippen LogP contribution in [-0.2, 0) is 0 Å². The third kappa shape index (κ3) is 5.25. The van der Waals surface area contributed by atoms with Crippen molar-refractivity contribution < 1.29 is 17.6 Å². The predicted octanol–water partition coefficient (Wildman–Crippen LogP) is 12.1. The molecular weight excluding hydrogens is 685 g/mol. The van der Waals surface area contributed by atoms with Crippen molar-refractivity contribution in [1.82, 2.24) is 15.0 Å². The second-order valence-electron chi connectivity index (χ2n) is 12.7. The highest BCUT2D eigenvalue weighted by Crippen LogP contribution is 2.43. The Kier molecular flexibility index (Phi) is 7.90. The van der Waals surface area contributed by atoms with Crippen LogP contribution in [0, 0.1) is 34.6 Å². The Bertz CT molecular complexity index is 2940. The largest absolute Gasteiger partial charge is 0.247 e. The molecule has 0 amide bonds. The fraction of sp³-hybridized carbons (Fsp3) is 0. The molecule has 0 saturated carbocycles. The van der Waals surface area contributed by atoms with E-state index in [4.69, 9.17) is 20.2 Å². The van der Waals surface area contributed by atoms with Gasteiger partial charge in [0.15, 0.2) is 23.3 Å². The van der Waals surface area contributed by atoms with E-state index in [0.29, 0.717) is 33.5 Å². The Morgan fingerprint density at radius 2 is 0.907 bits per heavy atom. The zero-order valence-electron chi connectivity index (χ0n) is 28.2. The summed E-state index contributed by atoms with van der Waals surface area (Å²) in [5.41, 5.74) is 5.85. The monoisotopic (exact) mass is 708 g/mol. The molecule has 9 rings (SSSR count). The summed E-state index contributed by atoms with van der Waals surface area (Å²) in [7, 11) is 0. The molecule has 2 heterocycles. The van der Waals surface area contributed by atoms with Gasteiger partial charge in [0, 0.05) is 38.4 Å². The van der Waals surface area contributed by atoms with Crippen molar-refractivity contribution in [2.75, 3.05) is 0 Å². The van der Waals surface area contributed by atoms with Gasteiger partial charge in [-0.25, -0.2) is 32.5 Å². The highest BCUT2D eigenvalue weighted by Gasteiger charge is 2.27. The summed E-state index contributed by atoms with van der Waals surface area (Å²) < 4.78 is 59.3. The zero-order valence-corrected chi connectivity index (χ0v) is 28.2. The van der Waals surface area contributed by atoms with Crippen LogP contribution >= 0.6 is 0 Å². The molecule has 0 aliphatic rings. The van der Waals surface area contributed by atoms with Gasteiger partial charge in [-0.2, -0.15) is 5.26 Å². The van der Waals surface area contributed by atoms with E-state index < -0.39 is 34.4 Å². The highest BCUT2D eigenvalue weighted by molar-refractivity contribution is 6.24. The van der Waals surface area contributed by atoms with Gasteiger partial charge in [0.05, 0.1) is 39.2 Å². The number of para-hydroxylation sites is 1. The first kappa shape index (κ1) is 32.7. The molecule has 9 aromatic rings. The number of halogens is 4. The molecular formula is C46H24F4N4. The molecule has 0 unspecified atom stereocenters. The molecule has 0 saturated heterocycles. The van der Waals surface area contributed by atoms with Crippen LogP contribution in [0.2, 0.25) is 0 Å². The molecule has 0 atom stereocenters. The standard InChI is InChI=1S/C46H24F4N4/c47-38-34(25-51)39(48)41(50)36(40(38)49)27-20-22-30(23-21-27)42-33-24-32(26-12-4-1-5-13-26)45-46(37(33)31-18-10-11-19-35(31)52-42)54-44(29-16-8-3-9-17-29)43(53-45)28-14-6-2-7-15-28/h1-24H. The molecule has 0 bridgehead atoms. The van der Waals surface area contributed by atoms with Crippen LogP contribution in [0.3, 0.4) is 0 Å². The van der Waals surface area contributed by atoms with Crippen LogP contribution in [0.25, 0.3) is 88.7 Å². The van der Waals surface area contributed by atoms with E-state index in [1.165, 1.54) is 18.2 Å². The van der Waals surface area contributed by atoms with Crippen molar-refractivity contribution in [2.24, 2.45) is 0 Å². The Balaban J connectivity index is 1.37. The summed E-state index contributed by atoms with van der Waals surface area (Å²) in [6.07, 6.45) is 0. The molecule has 0 spiro atoms. The molecule has 0 radical (unpaired) electrons. The first-order valence-electron chi connectivity index (χ1n) is 17.0. The molecule has 2 aromatic heterocycles. The van der Waals surface area contributed by atoms with Gasteiger partial charge in [0.25, 0.3) is 0 Å². The van der Waals surface area contributed by atoms with Crippen LogP contribution in [0.4, 0.5) is 17.6 Å². The van der Waals surface area contributed by atoms with Crippen molar-refractivity contribution in [3.05, 3.63) is 174 Å². The minimum Gasteiger partial charge on any atom is -0.247 e. The molecule has 0 aliphatic heterocycles. The summed E-state index contributed by atoms with van der Waals surface area (Å²) in [6, 6.07) is 46.7. The first-order chi connectivity index (χ1) is 26.4. The lowest BCUT2D eigenvalue weighted by Gasteiger charge is -2.18. The van der Waals surface area contributed by atoms with Gasteiger partial charge in [0.1, 0.15) is 11.6 Å². The maximum atomic E-state index is 15.1. The van der Waals surface area contributed by atoms with E-state index in [1.54, 1.807) is 12.1 Å². The maximum Gasteiger partial charge on any atom is 0.180 e. The minimum atomic E-state index is -1.75. The van der Waals surface area contributed by atoms with Crippen LogP contribution in [0.5, 0.6) is 0 Å². The lowest BCUT2D eigenvalue weighted by Crippen LogP contribution is -2.03. The maximum absolute atomic E-state index is 15.1. The number of nitrogens with zero attached hydrogens (tertiary/aromatic N) is 4. The van der Waals surface area contributed by atoms with Crippen molar-refractivity contribution >= 4 is 32.7 Å². The zero-order chi connectivity index (χ0) is 36.9. The number of rotatable bonds is 5. The van der Waals surface area contributed by atoms with E-state index in [1.807, 2.05) is 121 Å². The molecule has 54 heavy (non-hydrogen) atoms. The first-order valence-corrected chi connectivity index (χ1v) is 17.0. The second-order valence-corrected chi connectivity index (χ2v) is 12.7. The van der Waals surface area contributed by atoms with Gasteiger partial charge >= 0.3 is 0 Å². The summed E-state index contributed by atoms with van der Waals surface area (Å²) in [4.78, 5) is 16.0. The number of pyridine rings is 1. The fourth-order valence-electron chi connectivity index (χ4n) is 7.06. The van der Waals surface area contributed by atoms with Gasteiger partial charge in [-0.1, -0.05) is 133 Å². The fourth-order valence-corrected chi connectivity index (χ4v) is 7.06. The quantitative estimate of drug-likeness (QED) is 0.101. The predicted molar refractivity (Wildman–Crippen MR) is 204 cm³/mol. The SMILES string of the molecule is N#Cc1c(F)c(F)c(-c2ccc(-c3nc4ccccc4c4c3cc(-c3ccccc3)c3nc(-c5ccccc5)c(-c5ccccc5)nc34)cc2)c(F)c1F. The number of nitriles is 1. The number of benzene rings is 7. The Labute approximate surface area is 306 Å². The van der Waals surface area contributed by atoms with Crippen molar-refractivity contribution in [3.63, 3.8) is 0 Å². The summed E-state index contributed by atoms with van der Waals surface area (Å²) >= 11 is 0. The highest BCUT2D eigenvalue weighted by atomic mass is 19.2. The number of fused-ring (bicyclic) bond motifs is 5. The average Bonchev–Trinajstić information content (AvgIpc) is 3.23. The Morgan fingerprint density at radius 1 is 0.426 bits per heavy atom. The van der Waals surface area contributed by atoms with E-state index in [2.05, 4.69) is 0 Å². The third-order valence-electron chi connectivity index (χ3n) is 9.61. The number of hydrogen-bond donors (Lipinski definition) is 0. The van der Waals surface area contributed by atoms with E-state index in [9.17, 15) is 8.78 Å². The smallest absolute Gasteiger partial charge is 0.180 e. The van der Waals surface area contributed by atoms with Gasteiger partial charge in [0.2, 0.25) is 0 Å². The van der Waals surface area contributed by atoms with Crippen LogP contribution in [-0.4, -0.2) is 15.0 Å². The normalized spacial score (nSPS) is 11.3. The molecule has 7 aromatic carbocycles. The van der Waals surface area contributed by atoms with Crippen LogP contribution in [0.15, 0.2) is 146 Å². The molecule has 0 aliphatic carbocycles. The van der Waals surface area contributed by atoms with Gasteiger partial charge < -0.3 is 0 Å². The van der Waals surface area contributed by atoms with Crippen molar-refractivity contribution in [2.45, 2.75) is 0 Å². The van der Waals surface area contributed by atoms with E-state index >= 15 is 8.78 Å². The van der Waals surface area contributed by atoms with Crippen LogP contribution in [0.1, 0.15) is 5.56 Å². The second kappa shape index (κ2) is 13.1. The molecule has 4 nitrogen and oxygen atoms in total. The number of aromatic nitrogens is 3. The van der Waals surface area contributed by atoms with Gasteiger partial charge in [-0.15, -0.1) is 0 Å². The molecule has 8 heteroatoms. The van der Waals surface area contributed by atoms with E-state index in [0.717, 1.165) is 44.1 Å². The molecule has 256 valence electrons. The number of hydrogen-bond acceptors (Lipinski definition) is 4. The lowest BCUT2D eigenvalue weighted by atomic mass is 9.92. The lowest BCUT2D eigenvalue weighted by molar-refractivity contribution is 0.454. The van der Waals surface area contributed by atoms with Gasteiger partial charge in [-0.05, 0) is 23.3 Å². The van der Waals surface area contributed by atoms with Gasteiger partial charge in [-0.3, -0.25) is 0 Å². The Hall–Kier alpha value is -7.24. The van der Waals surface area contributed by atoms with Crippen molar-refractivity contribution in [1.29, 1.82) is 5.26 Å². The summed E-state index contributed by atoms with van der Waals surface area (Å²) in [5, 5.41) is 11.5.